The highest BCUT2D eigenvalue weighted by Gasteiger charge is 2.42. The van der Waals surface area contributed by atoms with Gasteiger partial charge in [0, 0.05) is 44.5 Å². The molecule has 12 heteroatoms. The lowest BCUT2D eigenvalue weighted by molar-refractivity contribution is -0.210. The second kappa shape index (κ2) is 11.7. The maximum absolute atomic E-state index is 12.3. The van der Waals surface area contributed by atoms with Crippen LogP contribution in [0.4, 0.5) is 4.79 Å². The van der Waals surface area contributed by atoms with E-state index in [1.165, 1.54) is 7.11 Å². The zero-order valence-electron chi connectivity index (χ0n) is 17.9. The minimum Gasteiger partial charge on any atom is -0.780 e. The van der Waals surface area contributed by atoms with Gasteiger partial charge < -0.3 is 34.0 Å². The van der Waals surface area contributed by atoms with Crippen molar-refractivity contribution in [2.75, 3.05) is 26.6 Å². The third-order valence-corrected chi connectivity index (χ3v) is 9.16. The van der Waals surface area contributed by atoms with Crippen LogP contribution in [0.25, 0.3) is 0 Å². The van der Waals surface area contributed by atoms with Gasteiger partial charge in [-0.2, -0.15) is 11.8 Å². The van der Waals surface area contributed by atoms with Crippen LogP contribution in [0.3, 0.4) is 0 Å². The van der Waals surface area contributed by atoms with Crippen molar-refractivity contribution >= 4 is 42.1 Å². The summed E-state index contributed by atoms with van der Waals surface area (Å²) in [4.78, 5) is 35.7. The number of carbonyl (C=O) groups excluding carboxylic acids is 2. The quantitative estimate of drug-likeness (QED) is 0.223. The lowest BCUT2D eigenvalue weighted by Gasteiger charge is -2.30. The third-order valence-electron chi connectivity index (χ3n) is 5.97. The van der Waals surface area contributed by atoms with E-state index < -0.39 is 12.8 Å². The van der Waals surface area contributed by atoms with Gasteiger partial charge in [-0.25, -0.2) is 4.79 Å². The van der Waals surface area contributed by atoms with E-state index in [1.807, 2.05) is 11.8 Å². The molecule has 3 rings (SSSR count). The molecule has 3 aliphatic heterocycles. The molecule has 3 aliphatic rings. The number of ketones is 1. The largest absolute Gasteiger partial charge is 0.780 e. The first-order valence-corrected chi connectivity index (χ1v) is 14.3. The second-order valence-corrected chi connectivity index (χ2v) is 12.3. The number of unbranched alkanes of at least 4 members (excludes halogenated alkanes) is 1. The Labute approximate surface area is 192 Å². The van der Waals surface area contributed by atoms with Gasteiger partial charge in [-0.05, 0) is 19.3 Å². The van der Waals surface area contributed by atoms with Gasteiger partial charge in [-0.1, -0.05) is 18.2 Å². The van der Waals surface area contributed by atoms with Gasteiger partial charge >= 0.3 is 6.03 Å². The lowest BCUT2D eigenvalue weighted by atomic mass is 10.0. The molecule has 0 aliphatic carbocycles. The van der Waals surface area contributed by atoms with Crippen molar-refractivity contribution in [2.45, 2.75) is 80.6 Å². The van der Waals surface area contributed by atoms with E-state index in [-0.39, 0.29) is 36.1 Å². The Hall–Kier alpha value is -0.260. The van der Waals surface area contributed by atoms with Gasteiger partial charge in [0.25, 0.3) is 0 Å². The fraction of sp³-hybridized carbons (Fsp3) is 0.895. The second-order valence-electron chi connectivity index (χ2n) is 8.21. The highest BCUT2D eigenvalue weighted by Crippen LogP contribution is 2.43. The van der Waals surface area contributed by atoms with E-state index >= 15 is 0 Å². The van der Waals surface area contributed by atoms with Crippen molar-refractivity contribution in [1.82, 2.24) is 10.6 Å². The molecular weight excluding hydrogens is 463 g/mol. The van der Waals surface area contributed by atoms with Gasteiger partial charge in [0.15, 0.2) is 0 Å². The Morgan fingerprint density at radius 2 is 2.10 bits per heavy atom. The van der Waals surface area contributed by atoms with Crippen LogP contribution in [0.15, 0.2) is 0 Å². The van der Waals surface area contributed by atoms with E-state index in [1.54, 1.807) is 7.11 Å². The Morgan fingerprint density at radius 1 is 1.29 bits per heavy atom. The van der Waals surface area contributed by atoms with Crippen LogP contribution >= 0.6 is 18.5 Å². The summed E-state index contributed by atoms with van der Waals surface area (Å²) in [7, 11) is 2.82. The smallest absolute Gasteiger partial charge is 0.315 e. The number of hydrogen-bond acceptors (Lipinski definition) is 9. The summed E-state index contributed by atoms with van der Waals surface area (Å²) in [6.07, 6.45) is 3.91. The molecule has 0 aromatic rings. The molecule has 0 bridgehead atoms. The minimum atomic E-state index is -3.53. The van der Waals surface area contributed by atoms with Gasteiger partial charge in [0.2, 0.25) is 0 Å². The molecule has 178 valence electrons. The normalized spacial score (nSPS) is 34.2. The molecule has 0 radical (unpaired) electrons. The van der Waals surface area contributed by atoms with Crippen molar-refractivity contribution in [1.29, 1.82) is 0 Å². The number of Topliss-reactive ketones (excluding diaryl/α,β-unsaturated/α-hetero) is 1. The summed E-state index contributed by atoms with van der Waals surface area (Å²) < 4.78 is 21.3. The number of rotatable bonds is 13. The van der Waals surface area contributed by atoms with Crippen LogP contribution in [0.2, 0.25) is 0 Å². The fourth-order valence-electron chi connectivity index (χ4n) is 4.38. The van der Waals surface area contributed by atoms with E-state index in [4.69, 9.17) is 30.3 Å². The molecule has 2 N–H and O–H groups in total. The number of hydrogen-bond donors (Lipinski definition) is 2. The number of nitrogens with one attached hydrogen (secondary N) is 2. The number of fused-ring (bicyclic) bond motifs is 1. The molecule has 4 unspecified atom stereocenters. The van der Waals surface area contributed by atoms with Crippen LogP contribution in [-0.4, -0.2) is 74.0 Å². The van der Waals surface area contributed by atoms with Crippen molar-refractivity contribution < 1.29 is 33.0 Å². The molecule has 0 spiro atoms. The van der Waals surface area contributed by atoms with Crippen LogP contribution < -0.4 is 15.5 Å². The number of thioether (sulfide) groups is 1. The Bertz CT molecular complexity index is 686. The molecule has 3 saturated heterocycles. The number of urea groups is 1. The summed E-state index contributed by atoms with van der Waals surface area (Å²) in [6, 6.07) is 0.387. The molecule has 9 nitrogen and oxygen atoms in total. The molecule has 31 heavy (non-hydrogen) atoms. The number of methoxy groups -OCH3 is 1. The maximum atomic E-state index is 12.3. The van der Waals surface area contributed by atoms with E-state index in [2.05, 4.69) is 10.6 Å². The van der Waals surface area contributed by atoms with Crippen LogP contribution in [0.1, 0.15) is 44.9 Å². The molecule has 2 amide bonds. The zero-order valence-corrected chi connectivity index (χ0v) is 20.5. The average molecular weight is 496 g/mol. The maximum Gasteiger partial charge on any atom is 0.315 e. The van der Waals surface area contributed by atoms with E-state index in [9.17, 15) is 14.5 Å². The van der Waals surface area contributed by atoms with Crippen molar-refractivity contribution in [3.63, 3.8) is 0 Å². The Morgan fingerprint density at radius 3 is 2.84 bits per heavy atom. The fourth-order valence-corrected chi connectivity index (χ4v) is 6.89. The first-order valence-electron chi connectivity index (χ1n) is 10.7. The monoisotopic (exact) mass is 495 g/mol. The molecule has 7 atom stereocenters. The topological polar surface area (TPSA) is 118 Å². The Balaban J connectivity index is 1.32. The van der Waals surface area contributed by atoms with Crippen molar-refractivity contribution in [3.8, 4) is 0 Å². The molecule has 3 fully saturated rings. The third kappa shape index (κ3) is 7.37. The van der Waals surface area contributed by atoms with Crippen LogP contribution in [0, 0.1) is 0 Å². The molecule has 0 aromatic carbocycles. The number of amides is 2. The van der Waals surface area contributed by atoms with Crippen molar-refractivity contribution in [3.05, 3.63) is 0 Å². The van der Waals surface area contributed by atoms with Crippen molar-refractivity contribution in [2.24, 2.45) is 0 Å². The minimum absolute atomic E-state index is 0.0669. The predicted octanol–water partition coefficient (Wildman–Crippen LogP) is 1.48. The summed E-state index contributed by atoms with van der Waals surface area (Å²) in [5.74, 6) is 1.17. The van der Waals surface area contributed by atoms with Gasteiger partial charge in [0.1, 0.15) is 18.6 Å². The SMILES string of the molecule is COC[C@@H]1O[C@H](CCC(=O)CCCCC2SCC3NC(=O)NC32)C[C@H]1OP([O-])(=S)OC. The average Bonchev–Trinajstić information content (AvgIpc) is 3.39. The summed E-state index contributed by atoms with van der Waals surface area (Å²) >= 11 is 6.72. The van der Waals surface area contributed by atoms with Crippen LogP contribution in [-0.2, 0) is 35.1 Å². The predicted molar refractivity (Wildman–Crippen MR) is 120 cm³/mol. The van der Waals surface area contributed by atoms with Crippen LogP contribution in [0.5, 0.6) is 0 Å². The summed E-state index contributed by atoms with van der Waals surface area (Å²) in [5, 5.41) is 6.37. The summed E-state index contributed by atoms with van der Waals surface area (Å²) in [5.41, 5.74) is 0. The standard InChI is InChI=1S/C19H33N2O7PS2/c1-25-10-16-15(28-29(24,30)26-2)9-13(27-16)8-7-12(22)5-3-4-6-17-18-14(11-31-17)20-19(23)21-18/h13-18H,3-11H2,1-2H3,(H,24,30)(H2,20,21,23)/p-1/t13-,14?,15-,16+,17?,18?,29?/m1/s1. The van der Waals surface area contributed by atoms with E-state index in [0.717, 1.165) is 25.0 Å². The molecule has 3 heterocycles. The highest BCUT2D eigenvalue weighted by molar-refractivity contribution is 8.06. The highest BCUT2D eigenvalue weighted by atomic mass is 32.5. The molecule has 0 saturated carbocycles. The number of ether oxygens (including phenoxy) is 2. The number of carbonyl (C=O) groups is 2. The lowest BCUT2D eigenvalue weighted by Crippen LogP contribution is -2.36. The van der Waals surface area contributed by atoms with Gasteiger partial charge in [0.05, 0.1) is 30.9 Å². The zero-order chi connectivity index (χ0) is 22.4. The summed E-state index contributed by atoms with van der Waals surface area (Å²) in [6.45, 7) is -3.24. The Kier molecular flexibility index (Phi) is 9.61. The first-order chi connectivity index (χ1) is 14.8. The molecular formula is C19H32N2O7PS2-. The van der Waals surface area contributed by atoms with Gasteiger partial charge in [-0.15, -0.1) is 0 Å². The van der Waals surface area contributed by atoms with Gasteiger partial charge in [-0.3, -0.25) is 4.79 Å². The first kappa shape index (κ1) is 25.4. The van der Waals surface area contributed by atoms with E-state index in [0.29, 0.717) is 37.5 Å². The molecule has 0 aromatic heterocycles.